The highest BCUT2D eigenvalue weighted by atomic mass is 16.5. The van der Waals surface area contributed by atoms with Crippen LogP contribution in [0.5, 0.6) is 17.4 Å². The third-order valence-corrected chi connectivity index (χ3v) is 5.50. The molecule has 1 fully saturated rings. The fraction of sp³-hybridized carbons (Fsp3) is 0.292. The number of ether oxygens (including phenoxy) is 2. The Bertz CT molecular complexity index is 1050. The molecule has 0 N–H and O–H groups in total. The van der Waals surface area contributed by atoms with E-state index in [0.29, 0.717) is 31.3 Å². The molecule has 1 aromatic heterocycles. The van der Waals surface area contributed by atoms with E-state index in [1.165, 1.54) is 6.33 Å². The van der Waals surface area contributed by atoms with Gasteiger partial charge in [-0.2, -0.15) is 0 Å². The predicted molar refractivity (Wildman–Crippen MR) is 119 cm³/mol. The molecule has 1 aliphatic heterocycles. The van der Waals surface area contributed by atoms with Gasteiger partial charge < -0.3 is 19.3 Å². The number of hydrogen-bond acceptors (Lipinski definition) is 6. The van der Waals surface area contributed by atoms with Crippen molar-refractivity contribution in [3.8, 4) is 17.4 Å². The second-order valence-electron chi connectivity index (χ2n) is 7.60. The van der Waals surface area contributed by atoms with Gasteiger partial charge >= 0.3 is 0 Å². The van der Waals surface area contributed by atoms with Crippen LogP contribution in [-0.2, 0) is 0 Å². The summed E-state index contributed by atoms with van der Waals surface area (Å²) < 4.78 is 11.0. The van der Waals surface area contributed by atoms with E-state index in [9.17, 15) is 4.79 Å². The van der Waals surface area contributed by atoms with Crippen molar-refractivity contribution in [1.29, 1.82) is 0 Å². The van der Waals surface area contributed by atoms with Gasteiger partial charge in [0, 0.05) is 37.3 Å². The third kappa shape index (κ3) is 4.60. The Morgan fingerprint density at radius 3 is 2.48 bits per heavy atom. The molecular formula is C24H26N4O3. The van der Waals surface area contributed by atoms with Gasteiger partial charge in [-0.15, -0.1) is 0 Å². The zero-order valence-electron chi connectivity index (χ0n) is 18.0. The van der Waals surface area contributed by atoms with Gasteiger partial charge in [0.05, 0.1) is 7.11 Å². The van der Waals surface area contributed by atoms with Gasteiger partial charge in [-0.05, 0) is 49.7 Å². The average Bonchev–Trinajstić information content (AvgIpc) is 2.79. The Kier molecular flexibility index (Phi) is 6.02. The summed E-state index contributed by atoms with van der Waals surface area (Å²) in [5.41, 5.74) is 1.76. The number of benzene rings is 2. The Morgan fingerprint density at radius 2 is 1.77 bits per heavy atom. The van der Waals surface area contributed by atoms with E-state index in [4.69, 9.17) is 9.47 Å². The molecule has 160 valence electrons. The molecule has 2 aromatic carbocycles. The molecular weight excluding hydrogens is 392 g/mol. The first-order valence-electron chi connectivity index (χ1n) is 10.3. The predicted octanol–water partition coefficient (Wildman–Crippen LogP) is 3.94. The summed E-state index contributed by atoms with van der Waals surface area (Å²) in [5.74, 6) is 2.78. The lowest BCUT2D eigenvalue weighted by atomic mass is 10.1. The highest BCUT2D eigenvalue weighted by Gasteiger charge is 2.29. The van der Waals surface area contributed by atoms with Crippen LogP contribution in [0.2, 0.25) is 0 Å². The van der Waals surface area contributed by atoms with Gasteiger partial charge in [0.15, 0.2) is 0 Å². The molecule has 1 saturated heterocycles. The number of rotatable bonds is 5. The smallest absolute Gasteiger partial charge is 0.254 e. The van der Waals surface area contributed by atoms with Crippen LogP contribution in [-0.4, -0.2) is 53.6 Å². The molecule has 7 heteroatoms. The molecule has 1 aliphatic rings. The molecule has 0 bridgehead atoms. The maximum Gasteiger partial charge on any atom is 0.254 e. The molecule has 0 spiro atoms. The van der Waals surface area contributed by atoms with E-state index in [1.54, 1.807) is 7.11 Å². The standard InChI is InChI=1S/C24H26N4O3/c1-17-6-4-5-7-21(17)24(29)28-13-12-27(15-18(28)2)22-14-23(26-16-25-22)31-20-10-8-19(30-3)9-11-20/h4-11,14,16,18H,12-13,15H2,1-3H3/t18-/m0/s1. The third-order valence-electron chi connectivity index (χ3n) is 5.50. The van der Waals surface area contributed by atoms with Crippen LogP contribution >= 0.6 is 0 Å². The van der Waals surface area contributed by atoms with Crippen molar-refractivity contribution in [3.05, 3.63) is 72.1 Å². The minimum absolute atomic E-state index is 0.0572. The summed E-state index contributed by atoms with van der Waals surface area (Å²) in [6.45, 7) is 6.06. The number of carbonyl (C=O) groups is 1. The number of nitrogens with zero attached hydrogens (tertiary/aromatic N) is 4. The van der Waals surface area contributed by atoms with Crippen LogP contribution in [0.4, 0.5) is 5.82 Å². The first-order chi connectivity index (χ1) is 15.0. The summed E-state index contributed by atoms with van der Waals surface area (Å²) in [6, 6.07) is 17.0. The normalized spacial score (nSPS) is 16.2. The topological polar surface area (TPSA) is 67.8 Å². The van der Waals surface area contributed by atoms with Gasteiger partial charge in [0.25, 0.3) is 5.91 Å². The van der Waals surface area contributed by atoms with Crippen LogP contribution in [0.1, 0.15) is 22.8 Å². The molecule has 0 saturated carbocycles. The lowest BCUT2D eigenvalue weighted by Gasteiger charge is -2.40. The number of carbonyl (C=O) groups excluding carboxylic acids is 1. The molecule has 3 aromatic rings. The molecule has 0 radical (unpaired) electrons. The van der Waals surface area contributed by atoms with Crippen molar-refractivity contribution in [1.82, 2.24) is 14.9 Å². The Balaban J connectivity index is 1.43. The van der Waals surface area contributed by atoms with Gasteiger partial charge in [0.2, 0.25) is 5.88 Å². The molecule has 0 unspecified atom stereocenters. The van der Waals surface area contributed by atoms with E-state index in [0.717, 1.165) is 22.7 Å². The Labute approximate surface area is 182 Å². The fourth-order valence-electron chi connectivity index (χ4n) is 3.76. The van der Waals surface area contributed by atoms with Gasteiger partial charge in [-0.3, -0.25) is 4.79 Å². The largest absolute Gasteiger partial charge is 0.497 e. The maximum absolute atomic E-state index is 13.0. The quantitative estimate of drug-likeness (QED) is 0.625. The van der Waals surface area contributed by atoms with E-state index < -0.39 is 0 Å². The number of anilines is 1. The van der Waals surface area contributed by atoms with E-state index >= 15 is 0 Å². The minimum Gasteiger partial charge on any atom is -0.497 e. The molecule has 0 aliphatic carbocycles. The summed E-state index contributed by atoms with van der Waals surface area (Å²) in [5, 5.41) is 0. The SMILES string of the molecule is COc1ccc(Oc2cc(N3CCN(C(=O)c4ccccc4C)[C@@H](C)C3)ncn2)cc1. The average molecular weight is 418 g/mol. The lowest BCUT2D eigenvalue weighted by molar-refractivity contribution is 0.0673. The van der Waals surface area contributed by atoms with Crippen LogP contribution < -0.4 is 14.4 Å². The van der Waals surface area contributed by atoms with E-state index in [-0.39, 0.29) is 11.9 Å². The van der Waals surface area contributed by atoms with Crippen LogP contribution in [0.25, 0.3) is 0 Å². The zero-order chi connectivity index (χ0) is 21.8. The summed E-state index contributed by atoms with van der Waals surface area (Å²) in [4.78, 5) is 25.8. The molecule has 2 heterocycles. The Hall–Kier alpha value is -3.61. The number of aromatic nitrogens is 2. The van der Waals surface area contributed by atoms with E-state index in [1.807, 2.05) is 66.4 Å². The van der Waals surface area contributed by atoms with Crippen molar-refractivity contribution < 1.29 is 14.3 Å². The highest BCUT2D eigenvalue weighted by Crippen LogP contribution is 2.26. The first kappa shape index (κ1) is 20.7. The van der Waals surface area contributed by atoms with Crippen LogP contribution in [0, 0.1) is 6.92 Å². The number of piperazine rings is 1. The summed E-state index contributed by atoms with van der Waals surface area (Å²) in [6.07, 6.45) is 1.50. The highest BCUT2D eigenvalue weighted by molar-refractivity contribution is 5.96. The molecule has 4 rings (SSSR count). The summed E-state index contributed by atoms with van der Waals surface area (Å²) in [7, 11) is 1.63. The monoisotopic (exact) mass is 418 g/mol. The van der Waals surface area contributed by atoms with Gasteiger partial charge in [0.1, 0.15) is 23.6 Å². The van der Waals surface area contributed by atoms with Crippen molar-refractivity contribution in [2.45, 2.75) is 19.9 Å². The maximum atomic E-state index is 13.0. The van der Waals surface area contributed by atoms with E-state index in [2.05, 4.69) is 21.8 Å². The second-order valence-corrected chi connectivity index (χ2v) is 7.60. The van der Waals surface area contributed by atoms with Crippen molar-refractivity contribution >= 4 is 11.7 Å². The Morgan fingerprint density at radius 1 is 1.03 bits per heavy atom. The van der Waals surface area contributed by atoms with Crippen LogP contribution in [0.15, 0.2) is 60.9 Å². The van der Waals surface area contributed by atoms with Crippen LogP contribution in [0.3, 0.4) is 0 Å². The molecule has 7 nitrogen and oxygen atoms in total. The van der Waals surface area contributed by atoms with Gasteiger partial charge in [-0.25, -0.2) is 9.97 Å². The number of hydrogen-bond donors (Lipinski definition) is 0. The zero-order valence-corrected chi connectivity index (χ0v) is 18.0. The second kappa shape index (κ2) is 9.04. The number of aryl methyl sites for hydroxylation is 1. The number of methoxy groups -OCH3 is 1. The first-order valence-corrected chi connectivity index (χ1v) is 10.3. The van der Waals surface area contributed by atoms with Crippen molar-refractivity contribution in [2.75, 3.05) is 31.6 Å². The number of amides is 1. The fourth-order valence-corrected chi connectivity index (χ4v) is 3.76. The minimum atomic E-state index is 0.0572. The molecule has 1 atom stereocenters. The van der Waals surface area contributed by atoms with Crippen molar-refractivity contribution in [3.63, 3.8) is 0 Å². The molecule has 31 heavy (non-hydrogen) atoms. The van der Waals surface area contributed by atoms with Crippen molar-refractivity contribution in [2.24, 2.45) is 0 Å². The summed E-state index contributed by atoms with van der Waals surface area (Å²) >= 11 is 0. The molecule has 1 amide bonds. The van der Waals surface area contributed by atoms with Gasteiger partial charge in [-0.1, -0.05) is 18.2 Å². The lowest BCUT2D eigenvalue weighted by Crippen LogP contribution is -2.54.